The smallest absolute Gasteiger partial charge is 0.268 e. The van der Waals surface area contributed by atoms with Crippen molar-refractivity contribution in [3.05, 3.63) is 10.9 Å². The van der Waals surface area contributed by atoms with Crippen LogP contribution in [0.4, 0.5) is 5.13 Å². The van der Waals surface area contributed by atoms with Gasteiger partial charge in [0.1, 0.15) is 11.4 Å². The Morgan fingerprint density at radius 3 is 2.77 bits per heavy atom. The molecule has 0 saturated carbocycles. The van der Waals surface area contributed by atoms with Gasteiger partial charge in [-0.05, 0) is 19.9 Å². The van der Waals surface area contributed by atoms with E-state index in [4.69, 9.17) is 0 Å². The second kappa shape index (κ2) is 6.01. The van der Waals surface area contributed by atoms with Crippen LogP contribution in [0, 0.1) is 0 Å². The maximum Gasteiger partial charge on any atom is 0.268 e. The second-order valence-corrected chi connectivity index (χ2v) is 6.66. The van der Waals surface area contributed by atoms with Crippen molar-refractivity contribution in [2.45, 2.75) is 13.8 Å². The molecule has 22 heavy (non-hydrogen) atoms. The number of carbonyl (C=O) groups is 2. The number of anilines is 1. The summed E-state index contributed by atoms with van der Waals surface area (Å²) < 4.78 is 0.995. The van der Waals surface area contributed by atoms with Gasteiger partial charge in [0.25, 0.3) is 5.91 Å². The molecule has 0 radical (unpaired) electrons. The molecule has 116 valence electrons. The minimum absolute atomic E-state index is 0.0595. The van der Waals surface area contributed by atoms with Crippen molar-refractivity contribution in [1.29, 1.82) is 0 Å². The first-order chi connectivity index (χ1) is 10.6. The standard InChI is InChI=1S/C13H15N5O2S2/c1-3-18(4-2)13-17-11-8(22-13)5-7(21-11)10(20)16-12-14-6-9(19)15-12/h5H,3-4,6H2,1-2H3,(H2,14,15,16,19,20). The lowest BCUT2D eigenvalue weighted by Crippen LogP contribution is -2.39. The molecule has 0 bridgehead atoms. The van der Waals surface area contributed by atoms with Gasteiger partial charge in [0.15, 0.2) is 5.13 Å². The first-order valence-corrected chi connectivity index (χ1v) is 8.55. The summed E-state index contributed by atoms with van der Waals surface area (Å²) in [6.07, 6.45) is 0. The molecule has 1 aliphatic heterocycles. The molecule has 0 aromatic carbocycles. The molecule has 3 heterocycles. The molecule has 7 nitrogen and oxygen atoms in total. The molecule has 0 spiro atoms. The second-order valence-electron chi connectivity index (χ2n) is 4.62. The Bertz CT molecular complexity index is 728. The maximum atomic E-state index is 12.1. The zero-order valence-corrected chi connectivity index (χ0v) is 13.8. The van der Waals surface area contributed by atoms with Crippen molar-refractivity contribution in [3.63, 3.8) is 0 Å². The van der Waals surface area contributed by atoms with E-state index < -0.39 is 0 Å². The van der Waals surface area contributed by atoms with Gasteiger partial charge in [-0.25, -0.2) is 9.98 Å². The Morgan fingerprint density at radius 2 is 2.18 bits per heavy atom. The van der Waals surface area contributed by atoms with Gasteiger partial charge in [-0.3, -0.25) is 20.2 Å². The van der Waals surface area contributed by atoms with Crippen LogP contribution in [0.2, 0.25) is 0 Å². The molecule has 2 aromatic heterocycles. The molecule has 0 saturated heterocycles. The molecule has 2 amide bonds. The predicted octanol–water partition coefficient (Wildman–Crippen LogP) is 1.42. The van der Waals surface area contributed by atoms with Crippen LogP contribution < -0.4 is 15.5 Å². The molecule has 0 atom stereocenters. The van der Waals surface area contributed by atoms with E-state index in [1.807, 2.05) is 6.07 Å². The van der Waals surface area contributed by atoms with Crippen molar-refractivity contribution < 1.29 is 9.59 Å². The van der Waals surface area contributed by atoms with E-state index in [1.165, 1.54) is 11.3 Å². The average Bonchev–Trinajstić information content (AvgIpc) is 3.15. The van der Waals surface area contributed by atoms with Crippen LogP contribution >= 0.6 is 22.7 Å². The molecule has 0 unspecified atom stereocenters. The van der Waals surface area contributed by atoms with Gasteiger partial charge in [-0.1, -0.05) is 11.3 Å². The molecule has 3 rings (SSSR count). The van der Waals surface area contributed by atoms with Gasteiger partial charge in [0.05, 0.1) is 9.58 Å². The van der Waals surface area contributed by atoms with Crippen molar-refractivity contribution >= 4 is 55.1 Å². The Hall–Kier alpha value is -2.00. The highest BCUT2D eigenvalue weighted by Crippen LogP contribution is 2.34. The van der Waals surface area contributed by atoms with E-state index in [9.17, 15) is 9.59 Å². The number of aliphatic imine (C=N–C) groups is 1. The molecule has 0 aliphatic carbocycles. The summed E-state index contributed by atoms with van der Waals surface area (Å²) in [7, 11) is 0. The fraction of sp³-hybridized carbons (Fsp3) is 0.385. The van der Waals surface area contributed by atoms with Crippen LogP contribution in [-0.2, 0) is 4.79 Å². The number of guanidine groups is 1. The summed E-state index contributed by atoms with van der Waals surface area (Å²) in [6, 6.07) is 1.83. The lowest BCUT2D eigenvalue weighted by molar-refractivity contribution is -0.117. The Balaban J connectivity index is 1.76. The maximum absolute atomic E-state index is 12.1. The Labute approximate surface area is 135 Å². The number of aromatic nitrogens is 1. The number of thiazole rings is 1. The first-order valence-electron chi connectivity index (χ1n) is 6.91. The van der Waals surface area contributed by atoms with E-state index in [-0.39, 0.29) is 24.3 Å². The van der Waals surface area contributed by atoms with Gasteiger partial charge in [-0.15, -0.1) is 11.3 Å². The van der Waals surface area contributed by atoms with Crippen LogP contribution in [0.25, 0.3) is 9.53 Å². The molecular weight excluding hydrogens is 322 g/mol. The number of hydrogen-bond donors (Lipinski definition) is 2. The Morgan fingerprint density at radius 1 is 1.41 bits per heavy atom. The highest BCUT2D eigenvalue weighted by atomic mass is 32.1. The lowest BCUT2D eigenvalue weighted by atomic mass is 10.4. The van der Waals surface area contributed by atoms with Gasteiger partial charge < -0.3 is 4.90 Å². The summed E-state index contributed by atoms with van der Waals surface area (Å²) in [5.74, 6) is -0.280. The fourth-order valence-corrected chi connectivity index (χ4v) is 4.30. The fourth-order valence-electron chi connectivity index (χ4n) is 2.07. The van der Waals surface area contributed by atoms with E-state index in [1.54, 1.807) is 11.3 Å². The third-order valence-corrected chi connectivity index (χ3v) is 5.43. The van der Waals surface area contributed by atoms with Gasteiger partial charge in [-0.2, -0.15) is 0 Å². The number of fused-ring (bicyclic) bond motifs is 1. The van der Waals surface area contributed by atoms with Crippen LogP contribution in [0.5, 0.6) is 0 Å². The zero-order chi connectivity index (χ0) is 15.7. The molecule has 2 aromatic rings. The van der Waals surface area contributed by atoms with Crippen LogP contribution in [-0.4, -0.2) is 42.4 Å². The number of rotatable bonds is 4. The van der Waals surface area contributed by atoms with Crippen LogP contribution in [0.3, 0.4) is 0 Å². The quantitative estimate of drug-likeness (QED) is 0.883. The number of hydrogen-bond acceptors (Lipinski definition) is 7. The van der Waals surface area contributed by atoms with Crippen LogP contribution in [0.1, 0.15) is 23.5 Å². The number of carbonyl (C=O) groups excluding carboxylic acids is 2. The highest BCUT2D eigenvalue weighted by Gasteiger charge is 2.19. The minimum Gasteiger partial charge on any atom is -0.349 e. The third kappa shape index (κ3) is 2.81. The summed E-state index contributed by atoms with van der Waals surface area (Å²) in [5.41, 5.74) is 0. The number of nitrogens with one attached hydrogen (secondary N) is 2. The zero-order valence-electron chi connectivity index (χ0n) is 12.2. The van der Waals surface area contributed by atoms with Crippen molar-refractivity contribution in [3.8, 4) is 0 Å². The summed E-state index contributed by atoms with van der Waals surface area (Å²) in [5, 5.41) is 6.05. The molecule has 2 N–H and O–H groups in total. The largest absolute Gasteiger partial charge is 0.349 e. The summed E-state index contributed by atoms with van der Waals surface area (Å²) in [6.45, 7) is 6.06. The summed E-state index contributed by atoms with van der Waals surface area (Å²) >= 11 is 2.92. The normalized spacial score (nSPS) is 14.1. The van der Waals surface area contributed by atoms with E-state index in [0.29, 0.717) is 4.88 Å². The third-order valence-electron chi connectivity index (χ3n) is 3.21. The molecule has 1 aliphatic rings. The number of amides is 2. The van der Waals surface area contributed by atoms with Gasteiger partial charge in [0.2, 0.25) is 11.9 Å². The lowest BCUT2D eigenvalue weighted by Gasteiger charge is -2.16. The summed E-state index contributed by atoms with van der Waals surface area (Å²) in [4.78, 5) is 35.3. The predicted molar refractivity (Wildman–Crippen MR) is 89.0 cm³/mol. The van der Waals surface area contributed by atoms with Crippen LogP contribution in [0.15, 0.2) is 11.1 Å². The van der Waals surface area contributed by atoms with Crippen molar-refractivity contribution in [2.24, 2.45) is 4.99 Å². The van der Waals surface area contributed by atoms with E-state index in [0.717, 1.165) is 27.8 Å². The molecule has 9 heteroatoms. The first kappa shape index (κ1) is 14.9. The average molecular weight is 337 g/mol. The number of nitrogens with zero attached hydrogens (tertiary/aromatic N) is 3. The Kier molecular flexibility index (Phi) is 4.08. The van der Waals surface area contributed by atoms with Gasteiger partial charge >= 0.3 is 0 Å². The SMILES string of the molecule is CCN(CC)c1nc2sc(C(=O)NC3=NCC(=O)N3)cc2s1. The highest BCUT2D eigenvalue weighted by molar-refractivity contribution is 7.29. The van der Waals surface area contributed by atoms with Crippen molar-refractivity contribution in [1.82, 2.24) is 15.6 Å². The molecular formula is C13H15N5O2S2. The van der Waals surface area contributed by atoms with Gasteiger partial charge in [0, 0.05) is 13.1 Å². The topological polar surface area (TPSA) is 86.7 Å². The number of thiophene rings is 1. The monoisotopic (exact) mass is 337 g/mol. The van der Waals surface area contributed by atoms with E-state index >= 15 is 0 Å². The minimum atomic E-state index is -0.277. The van der Waals surface area contributed by atoms with E-state index in [2.05, 4.69) is 39.4 Å². The molecule has 0 fully saturated rings. The van der Waals surface area contributed by atoms with Crippen molar-refractivity contribution in [2.75, 3.05) is 24.5 Å².